The fourth-order valence-electron chi connectivity index (χ4n) is 2.19. The predicted octanol–water partition coefficient (Wildman–Crippen LogP) is 1.54. The van der Waals surface area contributed by atoms with Crippen molar-refractivity contribution in [3.8, 4) is 0 Å². The number of nitrogens with zero attached hydrogens (tertiary/aromatic N) is 1. The highest BCUT2D eigenvalue weighted by atomic mass is 16.2. The van der Waals surface area contributed by atoms with Crippen LogP contribution >= 0.6 is 0 Å². The lowest BCUT2D eigenvalue weighted by atomic mass is 10.1. The molecule has 1 aliphatic rings. The number of carbonyl (C=O) groups is 2. The van der Waals surface area contributed by atoms with Crippen LogP contribution in [0.5, 0.6) is 0 Å². The number of piperazine rings is 1. The largest absolute Gasteiger partial charge is 0.359 e. The zero-order chi connectivity index (χ0) is 15.5. The molecule has 1 fully saturated rings. The highest BCUT2D eigenvalue weighted by Crippen LogP contribution is 2.26. The lowest BCUT2D eigenvalue weighted by Gasteiger charge is -2.30. The van der Waals surface area contributed by atoms with Gasteiger partial charge >= 0.3 is 6.03 Å². The molecule has 6 nitrogen and oxygen atoms in total. The van der Waals surface area contributed by atoms with Crippen molar-refractivity contribution in [1.29, 1.82) is 0 Å². The smallest absolute Gasteiger partial charge is 0.319 e. The fourth-order valence-corrected chi connectivity index (χ4v) is 2.19. The first-order valence-corrected chi connectivity index (χ1v) is 7.05. The third-order valence-corrected chi connectivity index (χ3v) is 3.02. The quantitative estimate of drug-likeness (QED) is 0.773. The van der Waals surface area contributed by atoms with E-state index in [-0.39, 0.29) is 17.5 Å². The summed E-state index contributed by atoms with van der Waals surface area (Å²) in [5.41, 5.74) is 1.26. The molecule has 0 spiro atoms. The molecule has 0 atom stereocenters. The number of hydrogen-bond acceptors (Lipinski definition) is 3. The van der Waals surface area contributed by atoms with Gasteiger partial charge in [0.1, 0.15) is 0 Å². The maximum atomic E-state index is 12.0. The minimum Gasteiger partial charge on any atom is -0.359 e. The van der Waals surface area contributed by atoms with Crippen molar-refractivity contribution < 1.29 is 9.59 Å². The molecule has 114 valence electrons. The first kappa shape index (κ1) is 15.2. The highest BCUT2D eigenvalue weighted by molar-refractivity contribution is 5.94. The summed E-state index contributed by atoms with van der Waals surface area (Å²) in [6.45, 7) is 7.42. The van der Waals surface area contributed by atoms with Gasteiger partial charge in [-0.3, -0.25) is 4.79 Å². The van der Waals surface area contributed by atoms with Crippen LogP contribution in [0.4, 0.5) is 16.2 Å². The molecule has 21 heavy (non-hydrogen) atoms. The fraction of sp³-hybridized carbons (Fsp3) is 0.467. The number of benzene rings is 1. The lowest BCUT2D eigenvalue weighted by molar-refractivity contribution is -0.120. The van der Waals surface area contributed by atoms with E-state index >= 15 is 0 Å². The second-order valence-electron chi connectivity index (χ2n) is 6.12. The molecule has 1 heterocycles. The third kappa shape index (κ3) is 4.37. The molecular weight excluding hydrogens is 268 g/mol. The van der Waals surface area contributed by atoms with Crippen molar-refractivity contribution >= 4 is 23.3 Å². The van der Waals surface area contributed by atoms with Gasteiger partial charge in [0.05, 0.1) is 17.9 Å². The van der Waals surface area contributed by atoms with Gasteiger partial charge in [0.15, 0.2) is 0 Å². The molecule has 1 aromatic rings. The monoisotopic (exact) mass is 290 g/mol. The summed E-state index contributed by atoms with van der Waals surface area (Å²) < 4.78 is 0. The van der Waals surface area contributed by atoms with Gasteiger partial charge in [0, 0.05) is 18.6 Å². The summed E-state index contributed by atoms with van der Waals surface area (Å²) >= 11 is 0. The molecule has 1 saturated heterocycles. The number of amides is 3. The molecule has 0 bridgehead atoms. The first-order chi connectivity index (χ1) is 9.85. The van der Waals surface area contributed by atoms with Gasteiger partial charge in [0.2, 0.25) is 5.91 Å². The van der Waals surface area contributed by atoms with Gasteiger partial charge in [-0.1, -0.05) is 12.1 Å². The van der Waals surface area contributed by atoms with Crippen LogP contribution in [0.1, 0.15) is 20.8 Å². The number of rotatable bonds is 2. The van der Waals surface area contributed by atoms with Gasteiger partial charge in [-0.15, -0.1) is 0 Å². The lowest BCUT2D eigenvalue weighted by Crippen LogP contribution is -2.48. The molecule has 0 aromatic heterocycles. The number of anilines is 2. The van der Waals surface area contributed by atoms with Gasteiger partial charge < -0.3 is 20.9 Å². The van der Waals surface area contributed by atoms with Crippen molar-refractivity contribution in [2.75, 3.05) is 29.9 Å². The van der Waals surface area contributed by atoms with E-state index in [0.717, 1.165) is 12.2 Å². The van der Waals surface area contributed by atoms with Crippen LogP contribution in [0.15, 0.2) is 24.3 Å². The molecule has 1 aliphatic heterocycles. The van der Waals surface area contributed by atoms with E-state index in [9.17, 15) is 9.59 Å². The van der Waals surface area contributed by atoms with Crippen LogP contribution in [-0.2, 0) is 4.79 Å². The Morgan fingerprint density at radius 1 is 1.29 bits per heavy atom. The topological polar surface area (TPSA) is 73.5 Å². The Labute approximate surface area is 124 Å². The number of urea groups is 1. The van der Waals surface area contributed by atoms with Gasteiger partial charge in [-0.05, 0) is 32.9 Å². The maximum absolute atomic E-state index is 12.0. The summed E-state index contributed by atoms with van der Waals surface area (Å²) in [5.74, 6) is -0.00445. The Morgan fingerprint density at radius 2 is 2.00 bits per heavy atom. The Balaban J connectivity index is 2.13. The SMILES string of the molecule is CC(C)(C)NC(=O)Nc1ccccc1N1CCNC(=O)C1. The van der Waals surface area contributed by atoms with E-state index in [1.807, 2.05) is 49.9 Å². The van der Waals surface area contributed by atoms with E-state index < -0.39 is 0 Å². The Morgan fingerprint density at radius 3 is 2.67 bits per heavy atom. The minimum atomic E-state index is -0.302. The van der Waals surface area contributed by atoms with Crippen molar-refractivity contribution in [3.63, 3.8) is 0 Å². The third-order valence-electron chi connectivity index (χ3n) is 3.02. The van der Waals surface area contributed by atoms with Crippen LogP contribution in [0.2, 0.25) is 0 Å². The second-order valence-corrected chi connectivity index (χ2v) is 6.12. The minimum absolute atomic E-state index is 0.00445. The molecule has 0 radical (unpaired) electrons. The van der Waals surface area contributed by atoms with Crippen LogP contribution in [0.3, 0.4) is 0 Å². The van der Waals surface area contributed by atoms with E-state index in [1.165, 1.54) is 0 Å². The number of carbonyl (C=O) groups excluding carboxylic acids is 2. The number of hydrogen-bond donors (Lipinski definition) is 3. The van der Waals surface area contributed by atoms with Gasteiger partial charge in [-0.2, -0.15) is 0 Å². The molecule has 3 amide bonds. The normalized spacial score (nSPS) is 15.4. The Bertz CT molecular complexity index is 537. The van der Waals surface area contributed by atoms with Crippen molar-refractivity contribution in [2.45, 2.75) is 26.3 Å². The van der Waals surface area contributed by atoms with E-state index in [0.29, 0.717) is 18.8 Å². The van der Waals surface area contributed by atoms with E-state index in [2.05, 4.69) is 16.0 Å². The zero-order valence-corrected chi connectivity index (χ0v) is 12.7. The van der Waals surface area contributed by atoms with Crippen molar-refractivity contribution in [3.05, 3.63) is 24.3 Å². The zero-order valence-electron chi connectivity index (χ0n) is 12.7. The molecular formula is C15H22N4O2. The maximum Gasteiger partial charge on any atom is 0.319 e. The van der Waals surface area contributed by atoms with E-state index in [4.69, 9.17) is 0 Å². The first-order valence-electron chi connectivity index (χ1n) is 7.05. The molecule has 2 rings (SSSR count). The Kier molecular flexibility index (Phi) is 4.35. The molecule has 0 saturated carbocycles. The molecule has 0 unspecified atom stereocenters. The van der Waals surface area contributed by atoms with Crippen LogP contribution in [0.25, 0.3) is 0 Å². The average Bonchev–Trinajstić information content (AvgIpc) is 2.37. The summed E-state index contributed by atoms with van der Waals surface area (Å²) in [4.78, 5) is 25.5. The van der Waals surface area contributed by atoms with Crippen LogP contribution in [-0.4, -0.2) is 37.1 Å². The molecule has 3 N–H and O–H groups in total. The summed E-state index contributed by atoms with van der Waals surface area (Å²) in [6, 6.07) is 7.25. The standard InChI is InChI=1S/C15H22N4O2/c1-15(2,3)18-14(21)17-11-6-4-5-7-12(11)19-9-8-16-13(20)10-19/h4-7H,8-10H2,1-3H3,(H,16,20)(H2,17,18,21). The van der Waals surface area contributed by atoms with Gasteiger partial charge in [-0.25, -0.2) is 4.79 Å². The molecule has 0 aliphatic carbocycles. The van der Waals surface area contributed by atoms with Crippen molar-refractivity contribution in [2.24, 2.45) is 0 Å². The number of nitrogens with one attached hydrogen (secondary N) is 3. The van der Waals surface area contributed by atoms with Crippen molar-refractivity contribution in [1.82, 2.24) is 10.6 Å². The highest BCUT2D eigenvalue weighted by Gasteiger charge is 2.20. The van der Waals surface area contributed by atoms with Crippen LogP contribution < -0.4 is 20.9 Å². The van der Waals surface area contributed by atoms with Gasteiger partial charge in [0.25, 0.3) is 0 Å². The summed E-state index contributed by atoms with van der Waals surface area (Å²) in [7, 11) is 0. The second kappa shape index (κ2) is 6.03. The summed E-state index contributed by atoms with van der Waals surface area (Å²) in [6.07, 6.45) is 0. The number of para-hydroxylation sites is 2. The van der Waals surface area contributed by atoms with Crippen LogP contribution in [0, 0.1) is 0 Å². The average molecular weight is 290 g/mol. The summed E-state index contributed by atoms with van der Waals surface area (Å²) in [5, 5.41) is 8.51. The molecule has 1 aromatic carbocycles. The Hall–Kier alpha value is -2.24. The molecule has 6 heteroatoms. The predicted molar refractivity (Wildman–Crippen MR) is 83.6 cm³/mol. The van der Waals surface area contributed by atoms with E-state index in [1.54, 1.807) is 0 Å².